The molecule has 1 aliphatic carbocycles. The van der Waals surface area contributed by atoms with E-state index in [1.165, 1.54) is 0 Å². The van der Waals surface area contributed by atoms with E-state index in [1.807, 2.05) is 20.8 Å². The number of benzene rings is 1. The van der Waals surface area contributed by atoms with Gasteiger partial charge in [0.1, 0.15) is 23.5 Å². The van der Waals surface area contributed by atoms with Crippen LogP contribution < -0.4 is 10.1 Å². The van der Waals surface area contributed by atoms with E-state index in [4.69, 9.17) is 9.47 Å². The molecule has 0 aromatic heterocycles. The molecule has 3 heterocycles. The van der Waals surface area contributed by atoms with Crippen molar-refractivity contribution in [2.45, 2.75) is 83.1 Å². The fraction of sp³-hybridized carbons (Fsp3) is 0.593. The van der Waals surface area contributed by atoms with Crippen molar-refractivity contribution in [3.63, 3.8) is 0 Å². The summed E-state index contributed by atoms with van der Waals surface area (Å²) in [4.78, 5) is 65.3. The number of likely N-dealkylation sites (tertiary alicyclic amines) is 1. The normalized spacial score (nSPS) is 27.0. The van der Waals surface area contributed by atoms with E-state index in [9.17, 15) is 24.0 Å². The molecule has 10 heteroatoms. The number of imide groups is 2. The van der Waals surface area contributed by atoms with E-state index >= 15 is 0 Å². The zero-order valence-corrected chi connectivity index (χ0v) is 21.5. The van der Waals surface area contributed by atoms with Gasteiger partial charge in [-0.25, -0.2) is 0 Å². The van der Waals surface area contributed by atoms with E-state index in [-0.39, 0.29) is 42.0 Å². The van der Waals surface area contributed by atoms with Crippen molar-refractivity contribution in [3.05, 3.63) is 29.3 Å². The summed E-state index contributed by atoms with van der Waals surface area (Å²) in [5.41, 5.74) is -0.0143. The van der Waals surface area contributed by atoms with Gasteiger partial charge in [-0.2, -0.15) is 0 Å². The zero-order chi connectivity index (χ0) is 26.5. The van der Waals surface area contributed by atoms with Gasteiger partial charge < -0.3 is 14.4 Å². The fourth-order valence-electron chi connectivity index (χ4n) is 5.53. The first kappa shape index (κ1) is 25.4. The van der Waals surface area contributed by atoms with Crippen LogP contribution in [0.1, 0.15) is 80.0 Å². The van der Waals surface area contributed by atoms with E-state index in [1.54, 1.807) is 18.2 Å². The van der Waals surface area contributed by atoms with Crippen molar-refractivity contribution in [3.8, 4) is 5.75 Å². The Hall–Kier alpha value is -3.27. The molecule has 2 saturated heterocycles. The first-order valence-electron chi connectivity index (χ1n) is 13.0. The number of carbonyl (C=O) groups excluding carboxylic acids is 5. The summed E-state index contributed by atoms with van der Waals surface area (Å²) in [5, 5.41) is 2.20. The molecular formula is C27H33N3O7. The molecule has 37 heavy (non-hydrogen) atoms. The van der Waals surface area contributed by atoms with Gasteiger partial charge in [0.15, 0.2) is 0 Å². The first-order chi connectivity index (χ1) is 17.5. The van der Waals surface area contributed by atoms with Crippen LogP contribution in [-0.4, -0.2) is 76.3 Å². The molecule has 1 saturated carbocycles. The van der Waals surface area contributed by atoms with Gasteiger partial charge in [0.2, 0.25) is 11.8 Å². The van der Waals surface area contributed by atoms with E-state index in [0.29, 0.717) is 11.8 Å². The topological polar surface area (TPSA) is 122 Å². The molecule has 1 aromatic carbocycles. The molecule has 3 fully saturated rings. The number of nitrogens with one attached hydrogen (secondary N) is 1. The predicted molar refractivity (Wildman–Crippen MR) is 131 cm³/mol. The van der Waals surface area contributed by atoms with Crippen molar-refractivity contribution in [2.24, 2.45) is 5.92 Å². The maximum absolute atomic E-state index is 13.0. The minimum atomic E-state index is -0.985. The molecule has 0 bridgehead atoms. The van der Waals surface area contributed by atoms with Crippen molar-refractivity contribution in [1.82, 2.24) is 15.1 Å². The lowest BCUT2D eigenvalue weighted by atomic mass is 9.85. The van der Waals surface area contributed by atoms with Gasteiger partial charge in [0.05, 0.1) is 17.0 Å². The number of hydrogen-bond donors (Lipinski definition) is 1. The number of amides is 4. The number of nitrogens with zero attached hydrogens (tertiary/aromatic N) is 2. The van der Waals surface area contributed by atoms with Gasteiger partial charge in [0, 0.05) is 25.3 Å². The highest BCUT2D eigenvalue weighted by molar-refractivity contribution is 6.23. The average Bonchev–Trinajstić information content (AvgIpc) is 3.05. The largest absolute Gasteiger partial charge is 0.490 e. The van der Waals surface area contributed by atoms with Gasteiger partial charge in [-0.15, -0.1) is 0 Å². The Morgan fingerprint density at radius 1 is 0.973 bits per heavy atom. The van der Waals surface area contributed by atoms with Crippen LogP contribution in [0.15, 0.2) is 18.2 Å². The van der Waals surface area contributed by atoms with Crippen LogP contribution in [0.2, 0.25) is 0 Å². The third-order valence-corrected chi connectivity index (χ3v) is 7.57. The van der Waals surface area contributed by atoms with Gasteiger partial charge in [-0.05, 0) is 71.3 Å². The van der Waals surface area contributed by atoms with Gasteiger partial charge in [-0.3, -0.25) is 34.2 Å². The molecule has 1 atom stereocenters. The second kappa shape index (κ2) is 9.55. The number of hydrogen-bond acceptors (Lipinski definition) is 8. The molecule has 1 unspecified atom stereocenters. The number of ether oxygens (including phenoxy) is 2. The number of esters is 1. The Balaban J connectivity index is 1.13. The lowest BCUT2D eigenvalue weighted by molar-refractivity contribution is -0.162. The Labute approximate surface area is 215 Å². The molecule has 5 rings (SSSR count). The minimum Gasteiger partial charge on any atom is -0.490 e. The molecule has 10 nitrogen and oxygen atoms in total. The van der Waals surface area contributed by atoms with Gasteiger partial charge >= 0.3 is 5.97 Å². The van der Waals surface area contributed by atoms with Crippen LogP contribution in [0, 0.1) is 5.92 Å². The Morgan fingerprint density at radius 2 is 1.65 bits per heavy atom. The molecular weight excluding hydrogens is 478 g/mol. The third kappa shape index (κ3) is 5.12. The lowest BCUT2D eigenvalue weighted by Crippen LogP contribution is -2.54. The van der Waals surface area contributed by atoms with E-state index < -0.39 is 35.3 Å². The van der Waals surface area contributed by atoms with Crippen LogP contribution in [0.4, 0.5) is 0 Å². The standard InChI is InChI=1S/C27H33N3O7/c1-27(2,3)37-26(35)15-8-10-29(11-9-15)16-12-18(13-16)36-17-4-5-19-20(14-17)25(34)30(24(19)33)21-6-7-22(31)28-23(21)32/h4-5,14-16,18,21H,6-13H2,1-3H3,(H,28,31,32). The molecule has 198 valence electrons. The van der Waals surface area contributed by atoms with Crippen molar-refractivity contribution in [1.29, 1.82) is 0 Å². The molecule has 1 aromatic rings. The highest BCUT2D eigenvalue weighted by Gasteiger charge is 2.45. The smallest absolute Gasteiger partial charge is 0.309 e. The maximum Gasteiger partial charge on any atom is 0.309 e. The summed E-state index contributed by atoms with van der Waals surface area (Å²) in [6.45, 7) is 7.37. The van der Waals surface area contributed by atoms with Crippen molar-refractivity contribution in [2.75, 3.05) is 13.1 Å². The molecule has 0 radical (unpaired) electrons. The first-order valence-corrected chi connectivity index (χ1v) is 13.0. The van der Waals surface area contributed by atoms with Gasteiger partial charge in [-0.1, -0.05) is 0 Å². The Bertz CT molecular complexity index is 1140. The predicted octanol–water partition coefficient (Wildman–Crippen LogP) is 2.05. The molecule has 4 aliphatic rings. The summed E-state index contributed by atoms with van der Waals surface area (Å²) in [6.07, 6.45) is 3.50. The third-order valence-electron chi connectivity index (χ3n) is 7.57. The Kier molecular flexibility index (Phi) is 6.55. The summed E-state index contributed by atoms with van der Waals surface area (Å²) in [6, 6.07) is 4.22. The van der Waals surface area contributed by atoms with E-state index in [2.05, 4.69) is 10.2 Å². The molecule has 3 aliphatic heterocycles. The van der Waals surface area contributed by atoms with Crippen LogP contribution >= 0.6 is 0 Å². The molecule has 4 amide bonds. The summed E-state index contributed by atoms with van der Waals surface area (Å²) in [7, 11) is 0. The quantitative estimate of drug-likeness (QED) is 0.471. The van der Waals surface area contributed by atoms with Crippen LogP contribution in [0.25, 0.3) is 0 Å². The number of fused-ring (bicyclic) bond motifs is 1. The molecule has 0 spiro atoms. The summed E-state index contributed by atoms with van der Waals surface area (Å²) < 4.78 is 11.6. The molecule has 1 N–H and O–H groups in total. The Morgan fingerprint density at radius 3 is 2.30 bits per heavy atom. The summed E-state index contributed by atoms with van der Waals surface area (Å²) in [5.74, 6) is -1.75. The number of carbonyl (C=O) groups is 5. The highest BCUT2D eigenvalue weighted by Crippen LogP contribution is 2.35. The van der Waals surface area contributed by atoms with Crippen molar-refractivity contribution < 1.29 is 33.4 Å². The zero-order valence-electron chi connectivity index (χ0n) is 21.5. The van der Waals surface area contributed by atoms with Crippen LogP contribution in [0.5, 0.6) is 5.75 Å². The minimum absolute atomic E-state index is 0.00470. The van der Waals surface area contributed by atoms with Crippen molar-refractivity contribution >= 4 is 29.6 Å². The second-order valence-electron chi connectivity index (χ2n) is 11.4. The lowest BCUT2D eigenvalue weighted by Gasteiger charge is -2.45. The second-order valence-corrected chi connectivity index (χ2v) is 11.4. The fourth-order valence-corrected chi connectivity index (χ4v) is 5.53. The number of piperidine rings is 2. The average molecular weight is 512 g/mol. The van der Waals surface area contributed by atoms with Gasteiger partial charge in [0.25, 0.3) is 11.8 Å². The van der Waals surface area contributed by atoms with E-state index in [0.717, 1.165) is 43.7 Å². The van der Waals surface area contributed by atoms with Crippen LogP contribution in [-0.2, 0) is 19.1 Å². The highest BCUT2D eigenvalue weighted by atomic mass is 16.6. The number of rotatable bonds is 5. The summed E-state index contributed by atoms with van der Waals surface area (Å²) >= 11 is 0. The monoisotopic (exact) mass is 511 g/mol. The maximum atomic E-state index is 13.0. The SMILES string of the molecule is CC(C)(C)OC(=O)C1CCN(C2CC(Oc3ccc4c(c3)C(=O)N(C3CCC(=O)NC3=O)C4=O)C2)CC1. The van der Waals surface area contributed by atoms with Crippen LogP contribution in [0.3, 0.4) is 0 Å².